The minimum absolute atomic E-state index is 0.0804. The maximum atomic E-state index is 7.02. The number of nitrogens with zero attached hydrogens (tertiary/aromatic N) is 3. The largest absolute Gasteiger partial charge is 0.493 e. The molecule has 5 aliphatic heterocycles. The van der Waals surface area contributed by atoms with Gasteiger partial charge in [0.2, 0.25) is 5.75 Å². The summed E-state index contributed by atoms with van der Waals surface area (Å²) in [5.74, 6) is 5.61. The number of benzene rings is 4. The van der Waals surface area contributed by atoms with Gasteiger partial charge in [-0.2, -0.15) is 0 Å². The average Bonchev–Trinajstić information content (AvgIpc) is 3.08. The number of hydrogen-bond acceptors (Lipinski definition) is 7. The van der Waals surface area contributed by atoms with Gasteiger partial charge in [-0.3, -0.25) is 4.90 Å². The molecule has 0 fully saturated rings. The summed E-state index contributed by atoms with van der Waals surface area (Å²) in [7, 11) is 9.59. The van der Waals surface area contributed by atoms with E-state index in [0.717, 1.165) is 60.1 Å². The Morgan fingerprint density at radius 1 is 0.812 bits per heavy atom. The third-order valence-electron chi connectivity index (χ3n) is 10.5. The van der Waals surface area contributed by atoms with Gasteiger partial charge in [0.25, 0.3) is 0 Å². The molecule has 9 rings (SSSR count). The summed E-state index contributed by atoms with van der Waals surface area (Å²) in [6.45, 7) is 3.98. The number of rotatable bonds is 2. The summed E-state index contributed by atoms with van der Waals surface area (Å²) in [6.07, 6.45) is 3.20. The summed E-state index contributed by atoms with van der Waals surface area (Å²) < 4.78 is 32.0. The molecule has 8 nitrogen and oxygen atoms in total. The molecule has 7 bridgehead atoms. The van der Waals surface area contributed by atoms with Gasteiger partial charge < -0.3 is 33.5 Å². The lowest BCUT2D eigenvalue weighted by Gasteiger charge is -2.49. The SMILES string of the molecule is COc1ccc2cc1Oc1ccc(cc1)C[C@H]1c3c(cc(OC)c4c3Oc3cc5c(cc3O4)CCN(C(=S)N(C)C)[C@@]5(C)C2)CCN1C. The highest BCUT2D eigenvalue weighted by Gasteiger charge is 2.43. The van der Waals surface area contributed by atoms with Crippen molar-refractivity contribution in [2.24, 2.45) is 0 Å². The number of methoxy groups -OCH3 is 2. The van der Waals surface area contributed by atoms with E-state index in [-0.39, 0.29) is 6.04 Å². The first kappa shape index (κ1) is 30.8. The van der Waals surface area contributed by atoms with Crippen molar-refractivity contribution in [3.8, 4) is 46.0 Å². The van der Waals surface area contributed by atoms with Gasteiger partial charge in [0.1, 0.15) is 5.75 Å². The van der Waals surface area contributed by atoms with Gasteiger partial charge in [-0.05, 0) is 122 Å². The maximum absolute atomic E-state index is 7.02. The number of hydrogen-bond donors (Lipinski definition) is 0. The van der Waals surface area contributed by atoms with Crippen LogP contribution in [0.2, 0.25) is 0 Å². The Morgan fingerprint density at radius 2 is 1.52 bits per heavy atom. The second-order valence-electron chi connectivity index (χ2n) is 13.7. The summed E-state index contributed by atoms with van der Waals surface area (Å²) >= 11 is 6.07. The fourth-order valence-electron chi connectivity index (χ4n) is 7.94. The molecule has 248 valence electrons. The van der Waals surface area contributed by atoms with E-state index >= 15 is 0 Å². The summed E-state index contributed by atoms with van der Waals surface area (Å²) in [5, 5.41) is 0.792. The molecule has 0 amide bonds. The van der Waals surface area contributed by atoms with Crippen LogP contribution in [-0.4, -0.2) is 68.3 Å². The van der Waals surface area contributed by atoms with Gasteiger partial charge >= 0.3 is 0 Å². The first-order valence-electron chi connectivity index (χ1n) is 16.6. The van der Waals surface area contributed by atoms with Crippen molar-refractivity contribution in [2.45, 2.75) is 44.2 Å². The molecule has 0 aromatic heterocycles. The van der Waals surface area contributed by atoms with Gasteiger partial charge in [0, 0.05) is 38.8 Å². The summed E-state index contributed by atoms with van der Waals surface area (Å²) in [5.41, 5.74) is 6.59. The Balaban J connectivity index is 1.36. The fraction of sp³-hybridized carbons (Fsp3) is 0.359. The van der Waals surface area contributed by atoms with Crippen molar-refractivity contribution in [1.82, 2.24) is 14.7 Å². The molecule has 0 saturated heterocycles. The van der Waals surface area contributed by atoms with E-state index in [9.17, 15) is 0 Å². The predicted molar refractivity (Wildman–Crippen MR) is 190 cm³/mol. The third kappa shape index (κ3) is 4.94. The average molecular weight is 664 g/mol. The van der Waals surface area contributed by atoms with E-state index in [2.05, 4.69) is 66.2 Å². The molecule has 0 radical (unpaired) electrons. The Morgan fingerprint density at radius 3 is 2.27 bits per heavy atom. The van der Waals surface area contributed by atoms with Crippen LogP contribution >= 0.6 is 12.2 Å². The van der Waals surface area contributed by atoms with Gasteiger partial charge in [-0.15, -0.1) is 0 Å². The standard InChI is InChI=1S/C39H41N3O5S/c1-39-22-24-9-12-30(43-5)31(18-24)45-27-10-7-23(8-11-27)17-29-35-26(13-15-41(29)4)20-34(44-6)36-37(35)47-33-21-28(39)25(19-32(33)46-36)14-16-42(39)38(48)40(2)3/h7-12,18-21,29H,13-17,22H2,1-6H3/t29-,39-/m0/s1. The number of fused-ring (bicyclic) bond motifs is 2. The lowest BCUT2D eigenvalue weighted by Crippen LogP contribution is -2.55. The molecule has 5 aliphatic rings. The van der Waals surface area contributed by atoms with Crippen LogP contribution in [0.4, 0.5) is 0 Å². The number of likely N-dealkylation sites (N-methyl/N-ethyl adjacent to an activating group) is 1. The monoisotopic (exact) mass is 663 g/mol. The highest BCUT2D eigenvalue weighted by Crippen LogP contribution is 2.57. The smallest absolute Gasteiger partial charge is 0.212 e. The topological polar surface area (TPSA) is 55.9 Å². The molecule has 4 aromatic rings. The molecule has 0 aliphatic carbocycles. The summed E-state index contributed by atoms with van der Waals surface area (Å²) in [4.78, 5) is 6.79. The van der Waals surface area contributed by atoms with Crippen molar-refractivity contribution < 1.29 is 23.7 Å². The fourth-order valence-corrected chi connectivity index (χ4v) is 8.23. The highest BCUT2D eigenvalue weighted by molar-refractivity contribution is 7.80. The van der Waals surface area contributed by atoms with Crippen LogP contribution in [0, 0.1) is 0 Å². The molecular weight excluding hydrogens is 623 g/mol. The lowest BCUT2D eigenvalue weighted by molar-refractivity contribution is 0.163. The quantitative estimate of drug-likeness (QED) is 0.177. The Bertz CT molecular complexity index is 1940. The molecular formula is C39H41N3O5S. The molecule has 0 saturated carbocycles. The molecule has 0 unspecified atom stereocenters. The van der Waals surface area contributed by atoms with Crippen LogP contribution in [-0.2, 0) is 31.2 Å². The first-order valence-corrected chi connectivity index (χ1v) is 17.0. The van der Waals surface area contributed by atoms with E-state index < -0.39 is 5.54 Å². The zero-order valence-electron chi connectivity index (χ0n) is 28.4. The van der Waals surface area contributed by atoms with Crippen LogP contribution in [0.3, 0.4) is 0 Å². The molecule has 5 heterocycles. The third-order valence-corrected chi connectivity index (χ3v) is 11.1. The highest BCUT2D eigenvalue weighted by atomic mass is 32.1. The Labute approximate surface area is 287 Å². The first-order chi connectivity index (χ1) is 23.2. The molecule has 48 heavy (non-hydrogen) atoms. The molecule has 2 atom stereocenters. The summed E-state index contributed by atoms with van der Waals surface area (Å²) in [6, 6.07) is 21.2. The van der Waals surface area contributed by atoms with Crippen molar-refractivity contribution in [1.29, 1.82) is 0 Å². The Kier molecular flexibility index (Phi) is 7.45. The van der Waals surface area contributed by atoms with Crippen LogP contribution in [0.5, 0.6) is 46.0 Å². The second-order valence-corrected chi connectivity index (χ2v) is 14.0. The van der Waals surface area contributed by atoms with Crippen LogP contribution in [0.15, 0.2) is 60.7 Å². The van der Waals surface area contributed by atoms with E-state index in [1.165, 1.54) is 22.3 Å². The van der Waals surface area contributed by atoms with E-state index in [1.807, 2.05) is 37.2 Å². The lowest BCUT2D eigenvalue weighted by atomic mass is 9.77. The van der Waals surface area contributed by atoms with E-state index in [0.29, 0.717) is 40.9 Å². The van der Waals surface area contributed by atoms with Crippen molar-refractivity contribution >= 4 is 17.3 Å². The van der Waals surface area contributed by atoms with Gasteiger partial charge in [-0.25, -0.2) is 0 Å². The van der Waals surface area contributed by atoms with Crippen molar-refractivity contribution in [3.63, 3.8) is 0 Å². The van der Waals surface area contributed by atoms with E-state index in [4.69, 9.17) is 35.9 Å². The van der Waals surface area contributed by atoms with Gasteiger partial charge in [-0.1, -0.05) is 18.2 Å². The predicted octanol–water partition coefficient (Wildman–Crippen LogP) is 7.64. The van der Waals surface area contributed by atoms with Crippen LogP contribution in [0.25, 0.3) is 0 Å². The molecule has 9 heteroatoms. The maximum Gasteiger partial charge on any atom is 0.212 e. The zero-order chi connectivity index (χ0) is 33.3. The number of ether oxygens (including phenoxy) is 5. The second kappa shape index (κ2) is 11.6. The molecule has 4 aromatic carbocycles. The van der Waals surface area contributed by atoms with Gasteiger partial charge in [0.05, 0.1) is 19.8 Å². The van der Waals surface area contributed by atoms with Crippen LogP contribution in [0.1, 0.15) is 46.3 Å². The Hall–Kier alpha value is -4.47. The molecule has 0 N–H and O–H groups in total. The van der Waals surface area contributed by atoms with E-state index in [1.54, 1.807) is 14.2 Å². The number of thiocarbonyl (C=S) groups is 1. The minimum atomic E-state index is -0.497. The van der Waals surface area contributed by atoms with Crippen LogP contribution < -0.4 is 23.7 Å². The van der Waals surface area contributed by atoms with Crippen molar-refractivity contribution in [2.75, 3.05) is 48.5 Å². The normalized spacial score (nSPS) is 20.5. The zero-order valence-corrected chi connectivity index (χ0v) is 29.2. The van der Waals surface area contributed by atoms with Crippen molar-refractivity contribution in [3.05, 3.63) is 94.0 Å². The van der Waals surface area contributed by atoms with Gasteiger partial charge in [0.15, 0.2) is 39.6 Å². The molecule has 0 spiro atoms. The minimum Gasteiger partial charge on any atom is -0.493 e.